The number of imidazole rings is 1. The van der Waals surface area contributed by atoms with Crippen LogP contribution in [0.15, 0.2) is 24.7 Å². The highest BCUT2D eigenvalue weighted by Crippen LogP contribution is 2.64. The average Bonchev–Trinajstić information content (AvgIpc) is 3.51. The van der Waals surface area contributed by atoms with Crippen molar-refractivity contribution in [3.8, 4) is 0 Å². The topological polar surface area (TPSA) is 17.3 Å². The molecular weight excluding hydrogens is 280 g/mol. The summed E-state index contributed by atoms with van der Waals surface area (Å²) in [6.07, 6.45) is 17.1. The van der Waals surface area contributed by atoms with Crippen LogP contribution in [0.2, 0.25) is 0 Å². The third kappa shape index (κ3) is 2.17. The minimum atomic E-state index is 0.600. The molecule has 0 aliphatic heterocycles. The Bertz CT molecular complexity index is 715. The molecule has 0 bridgehead atoms. The van der Waals surface area contributed by atoms with E-state index in [9.17, 15) is 0 Å². The first-order valence-electron chi connectivity index (χ1n) is 9.74. The van der Waals surface area contributed by atoms with Crippen molar-refractivity contribution in [2.75, 3.05) is 0 Å². The molecule has 3 saturated carbocycles. The summed E-state index contributed by atoms with van der Waals surface area (Å²) in [5, 5.41) is 0. The Morgan fingerprint density at radius 2 is 1.87 bits per heavy atom. The highest BCUT2D eigenvalue weighted by atomic mass is 15.0. The molecule has 0 saturated heterocycles. The fraction of sp³-hybridized carbons (Fsp3) is 0.667. The van der Waals surface area contributed by atoms with Crippen LogP contribution < -0.4 is 0 Å². The van der Waals surface area contributed by atoms with Crippen molar-refractivity contribution >= 4 is 5.52 Å². The van der Waals surface area contributed by atoms with Crippen LogP contribution in [0.3, 0.4) is 0 Å². The first kappa shape index (κ1) is 14.1. The summed E-state index contributed by atoms with van der Waals surface area (Å²) in [7, 11) is 0. The largest absolute Gasteiger partial charge is 0.303 e. The Morgan fingerprint density at radius 1 is 1.09 bits per heavy atom. The van der Waals surface area contributed by atoms with Crippen LogP contribution >= 0.6 is 0 Å². The van der Waals surface area contributed by atoms with E-state index in [4.69, 9.17) is 0 Å². The van der Waals surface area contributed by atoms with Crippen molar-refractivity contribution in [1.82, 2.24) is 9.38 Å². The van der Waals surface area contributed by atoms with Crippen LogP contribution in [0.5, 0.6) is 0 Å². The van der Waals surface area contributed by atoms with Crippen LogP contribution in [-0.4, -0.2) is 9.38 Å². The lowest BCUT2D eigenvalue weighted by Gasteiger charge is -2.36. The number of nitrogens with zero attached hydrogens (tertiary/aromatic N) is 2. The third-order valence-corrected chi connectivity index (χ3v) is 7.19. The van der Waals surface area contributed by atoms with Crippen LogP contribution in [0.25, 0.3) is 5.52 Å². The summed E-state index contributed by atoms with van der Waals surface area (Å²) >= 11 is 0. The summed E-state index contributed by atoms with van der Waals surface area (Å²) < 4.78 is 2.42. The smallest absolute Gasteiger partial charge is 0.0994 e. The van der Waals surface area contributed by atoms with Gasteiger partial charge in [0.15, 0.2) is 0 Å². The highest BCUT2D eigenvalue weighted by molar-refractivity contribution is 5.51. The molecule has 2 heterocycles. The standard InChI is InChI=1S/C21H28N2/c1-15(21(11-12-21)17-5-3-2-4-6-17)20-19(16-7-8-16)10-9-18-13-22-14-23(18)20/h9-10,13-17H,2-8,11-12H2,1H3. The summed E-state index contributed by atoms with van der Waals surface area (Å²) in [5.41, 5.74) is 5.11. The fourth-order valence-corrected chi connectivity index (χ4v) is 5.52. The van der Waals surface area contributed by atoms with Gasteiger partial charge in [0.25, 0.3) is 0 Å². The molecule has 0 N–H and O–H groups in total. The van der Waals surface area contributed by atoms with Crippen molar-refractivity contribution < 1.29 is 0 Å². The van der Waals surface area contributed by atoms with Gasteiger partial charge in [0.05, 0.1) is 18.0 Å². The van der Waals surface area contributed by atoms with Crippen molar-refractivity contribution in [1.29, 1.82) is 0 Å². The number of rotatable bonds is 4. The third-order valence-electron chi connectivity index (χ3n) is 7.19. The van der Waals surface area contributed by atoms with Crippen molar-refractivity contribution in [2.45, 2.75) is 76.5 Å². The van der Waals surface area contributed by atoms with Crippen molar-refractivity contribution in [2.24, 2.45) is 11.3 Å². The van der Waals surface area contributed by atoms with E-state index >= 15 is 0 Å². The van der Waals surface area contributed by atoms with E-state index in [0.29, 0.717) is 11.3 Å². The highest BCUT2D eigenvalue weighted by Gasteiger charge is 2.54. The lowest BCUT2D eigenvalue weighted by molar-refractivity contribution is 0.196. The van der Waals surface area contributed by atoms with Gasteiger partial charge in [0.2, 0.25) is 0 Å². The first-order valence-corrected chi connectivity index (χ1v) is 9.74. The summed E-state index contributed by atoms with van der Waals surface area (Å²) in [6, 6.07) is 4.69. The van der Waals surface area contributed by atoms with Gasteiger partial charge in [0, 0.05) is 11.6 Å². The molecule has 3 aliphatic rings. The molecule has 1 unspecified atom stereocenters. The van der Waals surface area contributed by atoms with Crippen LogP contribution in [0, 0.1) is 11.3 Å². The number of hydrogen-bond acceptors (Lipinski definition) is 1. The maximum atomic E-state index is 4.44. The Labute approximate surface area is 139 Å². The van der Waals surface area contributed by atoms with E-state index < -0.39 is 0 Å². The number of fused-ring (bicyclic) bond motifs is 1. The zero-order chi connectivity index (χ0) is 15.4. The predicted molar refractivity (Wildman–Crippen MR) is 93.8 cm³/mol. The number of pyridine rings is 1. The summed E-state index contributed by atoms with van der Waals surface area (Å²) in [6.45, 7) is 2.53. The molecular formula is C21H28N2. The maximum absolute atomic E-state index is 4.44. The van der Waals surface area contributed by atoms with Gasteiger partial charge in [-0.15, -0.1) is 0 Å². The molecule has 1 atom stereocenters. The van der Waals surface area contributed by atoms with E-state index in [1.807, 2.05) is 6.20 Å². The second kappa shape index (κ2) is 5.09. The molecule has 5 rings (SSSR count). The minimum Gasteiger partial charge on any atom is -0.303 e. The summed E-state index contributed by atoms with van der Waals surface area (Å²) in [5.74, 6) is 2.47. The van der Waals surface area contributed by atoms with E-state index in [0.717, 1.165) is 11.8 Å². The van der Waals surface area contributed by atoms with Crippen LogP contribution in [0.1, 0.15) is 87.8 Å². The Morgan fingerprint density at radius 3 is 2.57 bits per heavy atom. The SMILES string of the molecule is CC(c1c(C2CC2)ccc2cncn12)C1(C2CCCCC2)CC1. The molecule has 0 amide bonds. The van der Waals surface area contributed by atoms with E-state index in [2.05, 4.69) is 34.8 Å². The molecule has 122 valence electrons. The number of aromatic nitrogens is 2. The monoisotopic (exact) mass is 308 g/mol. The lowest BCUT2D eigenvalue weighted by atomic mass is 9.70. The van der Waals surface area contributed by atoms with Gasteiger partial charge in [-0.25, -0.2) is 4.98 Å². The van der Waals surface area contributed by atoms with Crippen LogP contribution in [-0.2, 0) is 0 Å². The predicted octanol–water partition coefficient (Wildman–Crippen LogP) is 5.68. The van der Waals surface area contributed by atoms with Crippen molar-refractivity contribution in [3.63, 3.8) is 0 Å². The quantitative estimate of drug-likeness (QED) is 0.710. The Hall–Kier alpha value is -1.31. The molecule has 23 heavy (non-hydrogen) atoms. The molecule has 2 nitrogen and oxygen atoms in total. The average molecular weight is 308 g/mol. The lowest BCUT2D eigenvalue weighted by Crippen LogP contribution is -2.26. The molecule has 2 aromatic rings. The second-order valence-electron chi connectivity index (χ2n) is 8.43. The normalized spacial score (nSPS) is 25.6. The van der Waals surface area contributed by atoms with Gasteiger partial charge in [-0.2, -0.15) is 0 Å². The second-order valence-corrected chi connectivity index (χ2v) is 8.43. The molecule has 3 fully saturated rings. The minimum absolute atomic E-state index is 0.600. The molecule has 0 radical (unpaired) electrons. The fourth-order valence-electron chi connectivity index (χ4n) is 5.52. The first-order chi connectivity index (χ1) is 11.3. The Balaban J connectivity index is 1.59. The summed E-state index contributed by atoms with van der Waals surface area (Å²) in [4.78, 5) is 4.44. The molecule has 2 aromatic heterocycles. The van der Waals surface area contributed by atoms with Gasteiger partial charge in [-0.05, 0) is 67.4 Å². The van der Waals surface area contributed by atoms with Crippen molar-refractivity contribution in [3.05, 3.63) is 35.9 Å². The van der Waals surface area contributed by atoms with Gasteiger partial charge < -0.3 is 4.40 Å². The molecule has 0 spiro atoms. The van der Waals surface area contributed by atoms with Gasteiger partial charge in [-0.3, -0.25) is 0 Å². The Kier molecular flexibility index (Phi) is 3.11. The van der Waals surface area contributed by atoms with Gasteiger partial charge >= 0.3 is 0 Å². The van der Waals surface area contributed by atoms with Crippen LogP contribution in [0.4, 0.5) is 0 Å². The molecule has 3 aliphatic carbocycles. The zero-order valence-corrected chi connectivity index (χ0v) is 14.3. The maximum Gasteiger partial charge on any atom is 0.0994 e. The van der Waals surface area contributed by atoms with E-state index in [1.54, 1.807) is 11.3 Å². The zero-order valence-electron chi connectivity index (χ0n) is 14.3. The van der Waals surface area contributed by atoms with E-state index in [1.165, 1.54) is 63.3 Å². The van der Waals surface area contributed by atoms with Gasteiger partial charge in [-0.1, -0.05) is 32.3 Å². The number of hydrogen-bond donors (Lipinski definition) is 0. The van der Waals surface area contributed by atoms with Gasteiger partial charge in [0.1, 0.15) is 0 Å². The molecule has 0 aromatic carbocycles. The van der Waals surface area contributed by atoms with E-state index in [-0.39, 0.29) is 0 Å². The molecule has 2 heteroatoms.